The average Bonchev–Trinajstić information content (AvgIpc) is 2.71. The summed E-state index contributed by atoms with van der Waals surface area (Å²) in [5.74, 6) is 0. The molecule has 0 unspecified atom stereocenters. The van der Waals surface area contributed by atoms with Gasteiger partial charge in [-0.25, -0.2) is 12.2 Å². The largest absolute Gasteiger partial charge is 0.307 e. The summed E-state index contributed by atoms with van der Waals surface area (Å²) < 4.78 is 0. The SMILES string of the molecule is C=O.C=O.C=O.[C-]1=CC=CC1.[Pd]. The van der Waals surface area contributed by atoms with Crippen molar-refractivity contribution < 1.29 is 34.8 Å². The van der Waals surface area contributed by atoms with E-state index in [-0.39, 0.29) is 20.4 Å². The molecule has 0 fully saturated rings. The van der Waals surface area contributed by atoms with Crippen molar-refractivity contribution in [3.05, 3.63) is 24.3 Å². The summed E-state index contributed by atoms with van der Waals surface area (Å²) in [5, 5.41) is 0. The second-order valence-electron chi connectivity index (χ2n) is 1.00. The van der Waals surface area contributed by atoms with E-state index in [1.165, 1.54) is 0 Å². The maximum atomic E-state index is 8.00. The van der Waals surface area contributed by atoms with Crippen molar-refractivity contribution in [2.24, 2.45) is 0 Å². The van der Waals surface area contributed by atoms with Gasteiger partial charge in [0.25, 0.3) is 0 Å². The molecule has 0 radical (unpaired) electrons. The molecule has 0 amide bonds. The van der Waals surface area contributed by atoms with Gasteiger partial charge in [0.15, 0.2) is 0 Å². The molecule has 0 spiro atoms. The summed E-state index contributed by atoms with van der Waals surface area (Å²) in [6.07, 6.45) is 10.0. The summed E-state index contributed by atoms with van der Waals surface area (Å²) in [4.78, 5) is 24.0. The van der Waals surface area contributed by atoms with Crippen molar-refractivity contribution in [3.63, 3.8) is 0 Å². The molecule has 0 aromatic rings. The molecule has 12 heavy (non-hydrogen) atoms. The quantitative estimate of drug-likeness (QED) is 0.478. The molecule has 4 heteroatoms. The van der Waals surface area contributed by atoms with Gasteiger partial charge in [-0.3, -0.25) is 6.08 Å². The number of allylic oxidation sites excluding steroid dienone is 4. The Morgan fingerprint density at radius 3 is 1.50 bits per heavy atom. The third-order valence-corrected chi connectivity index (χ3v) is 0.586. The molecule has 0 aromatic heterocycles. The van der Waals surface area contributed by atoms with Crippen molar-refractivity contribution in [2.45, 2.75) is 6.42 Å². The molecular formula is C8H11O3Pd-. The van der Waals surface area contributed by atoms with E-state index in [1.807, 2.05) is 32.5 Å². The van der Waals surface area contributed by atoms with Gasteiger partial charge in [-0.1, -0.05) is 0 Å². The summed E-state index contributed by atoms with van der Waals surface area (Å²) in [6.45, 7) is 6.00. The molecule has 0 bridgehead atoms. The molecule has 1 aliphatic carbocycles. The first-order valence-corrected chi connectivity index (χ1v) is 2.58. The number of hydrogen-bond donors (Lipinski definition) is 0. The van der Waals surface area contributed by atoms with Crippen LogP contribution in [0.15, 0.2) is 18.2 Å². The van der Waals surface area contributed by atoms with Gasteiger partial charge in [0, 0.05) is 20.4 Å². The molecule has 72 valence electrons. The number of carbonyl (C=O) groups is 3. The average molecular weight is 262 g/mol. The van der Waals surface area contributed by atoms with E-state index in [1.54, 1.807) is 0 Å². The standard InChI is InChI=1S/C5H5.3CH2O.Pd/c1-2-4-5-3-1;3*1-2;/h1-3H,4H2;3*1H2;/q-1;;;;. The second kappa shape index (κ2) is 49.3. The first kappa shape index (κ1) is 22.5. The topological polar surface area (TPSA) is 51.2 Å². The normalized spacial score (nSPS) is 8.33. The predicted octanol–water partition coefficient (Wildman–Crippen LogP) is 0.748. The van der Waals surface area contributed by atoms with Crippen molar-refractivity contribution in [1.82, 2.24) is 0 Å². The molecule has 0 heterocycles. The summed E-state index contributed by atoms with van der Waals surface area (Å²) in [6, 6.07) is 0. The van der Waals surface area contributed by atoms with E-state index in [4.69, 9.17) is 14.4 Å². The van der Waals surface area contributed by atoms with E-state index in [2.05, 4.69) is 12.2 Å². The first-order valence-electron chi connectivity index (χ1n) is 2.58. The Hall–Kier alpha value is -0.848. The molecule has 0 saturated carbocycles. The van der Waals surface area contributed by atoms with Gasteiger partial charge in [0.2, 0.25) is 0 Å². The Balaban J connectivity index is -0.0000000406. The van der Waals surface area contributed by atoms with Crippen LogP contribution in [0.1, 0.15) is 6.42 Å². The molecule has 3 nitrogen and oxygen atoms in total. The molecule has 0 atom stereocenters. The van der Waals surface area contributed by atoms with Gasteiger partial charge < -0.3 is 14.4 Å². The van der Waals surface area contributed by atoms with Crippen LogP contribution < -0.4 is 0 Å². The Bertz CT molecular complexity index is 98.1. The van der Waals surface area contributed by atoms with Crippen molar-refractivity contribution in [3.8, 4) is 0 Å². The van der Waals surface area contributed by atoms with E-state index < -0.39 is 0 Å². The number of carbonyl (C=O) groups excluding carboxylic acids is 3. The smallest absolute Gasteiger partial charge is 0.106 e. The minimum absolute atomic E-state index is 0. The van der Waals surface area contributed by atoms with Gasteiger partial charge >= 0.3 is 0 Å². The fraction of sp³-hybridized carbons (Fsp3) is 0.125. The Labute approximate surface area is 86.2 Å². The van der Waals surface area contributed by atoms with Crippen LogP contribution in [0.25, 0.3) is 0 Å². The fourth-order valence-electron chi connectivity index (χ4n) is 0.340. The molecule has 0 N–H and O–H groups in total. The monoisotopic (exact) mass is 261 g/mol. The minimum Gasteiger partial charge on any atom is -0.307 e. The van der Waals surface area contributed by atoms with E-state index >= 15 is 0 Å². The van der Waals surface area contributed by atoms with Gasteiger partial charge in [0.05, 0.1) is 0 Å². The third kappa shape index (κ3) is 35.3. The van der Waals surface area contributed by atoms with E-state index in [0.717, 1.165) is 6.42 Å². The maximum absolute atomic E-state index is 8.00. The van der Waals surface area contributed by atoms with Gasteiger partial charge in [0.1, 0.15) is 20.4 Å². The Kier molecular flexibility index (Phi) is 92.4. The van der Waals surface area contributed by atoms with E-state index in [0.29, 0.717) is 0 Å². The zero-order valence-electron chi connectivity index (χ0n) is 6.60. The molecule has 0 aromatic carbocycles. The van der Waals surface area contributed by atoms with Crippen molar-refractivity contribution in [2.75, 3.05) is 0 Å². The van der Waals surface area contributed by atoms with Crippen LogP contribution in [0.4, 0.5) is 0 Å². The van der Waals surface area contributed by atoms with Crippen molar-refractivity contribution in [1.29, 1.82) is 0 Å². The minimum atomic E-state index is 0. The number of rotatable bonds is 0. The molecular weight excluding hydrogens is 251 g/mol. The molecule has 1 aliphatic rings. The van der Waals surface area contributed by atoms with Gasteiger partial charge in [-0.05, 0) is 0 Å². The van der Waals surface area contributed by atoms with Gasteiger partial charge in [-0.15, -0.1) is 6.42 Å². The molecule has 0 aliphatic heterocycles. The van der Waals surface area contributed by atoms with Crippen LogP contribution >= 0.6 is 0 Å². The van der Waals surface area contributed by atoms with Gasteiger partial charge in [-0.2, -0.15) is 6.08 Å². The summed E-state index contributed by atoms with van der Waals surface area (Å²) >= 11 is 0. The molecule has 1 rings (SSSR count). The van der Waals surface area contributed by atoms with Crippen molar-refractivity contribution >= 4 is 20.4 Å². The molecule has 0 saturated heterocycles. The van der Waals surface area contributed by atoms with Crippen LogP contribution in [0.3, 0.4) is 0 Å². The zero-order chi connectivity index (χ0) is 9.54. The predicted molar refractivity (Wildman–Crippen MR) is 42.9 cm³/mol. The third-order valence-electron chi connectivity index (χ3n) is 0.586. The van der Waals surface area contributed by atoms with Crippen LogP contribution in [-0.4, -0.2) is 20.4 Å². The second-order valence-corrected chi connectivity index (χ2v) is 1.00. The van der Waals surface area contributed by atoms with Crippen LogP contribution in [-0.2, 0) is 34.8 Å². The first-order chi connectivity index (χ1) is 5.50. The van der Waals surface area contributed by atoms with Crippen LogP contribution in [0.5, 0.6) is 0 Å². The summed E-state index contributed by atoms with van der Waals surface area (Å²) in [5.41, 5.74) is 0. The fourth-order valence-corrected chi connectivity index (χ4v) is 0.340. The van der Waals surface area contributed by atoms with E-state index in [9.17, 15) is 0 Å². The zero-order valence-corrected chi connectivity index (χ0v) is 8.16. The van der Waals surface area contributed by atoms with Crippen LogP contribution in [0.2, 0.25) is 0 Å². The Morgan fingerprint density at radius 1 is 1.00 bits per heavy atom. The number of hydrogen-bond acceptors (Lipinski definition) is 3. The maximum Gasteiger partial charge on any atom is 0.106 e. The van der Waals surface area contributed by atoms with Crippen LogP contribution in [0, 0.1) is 6.08 Å². The summed E-state index contributed by atoms with van der Waals surface area (Å²) in [7, 11) is 0. The Morgan fingerprint density at radius 2 is 1.42 bits per heavy atom.